The lowest BCUT2D eigenvalue weighted by Gasteiger charge is -2.38. The SMILES string of the molecule is COCC[C@H]1C(=O)N2C[C@@H](O)C[C@@H]2C(=O)N[C@@H](CC(=O)O)C(=O)N[C@@H](C(C)C)C(=O)N(C)[C@@H](Cc2ccccc2)C(=O)N[C@@H](Cc2ccc(O)cc2)C(=O)N2CCOC[C@@H]2C(=O)N[C@H](Cc2c[nH]c3ccccc23)C(=O)N[C@@H](Cc2ccc(O)cc2)C(=O)N[C@@H](CCCN)C(=O)N[C@H](C(=O)NCC(N)=O)CSCC(=O)N[C@@H](Cc2cc(F)c(F)c(F)c2)C(=O)N(C)[C@@H](Cc2ccccc2)C(=O)N1C. The van der Waals surface area contributed by atoms with Crippen LogP contribution in [0, 0.1) is 23.4 Å². The molecule has 0 aliphatic carbocycles. The summed E-state index contributed by atoms with van der Waals surface area (Å²) in [6, 6.07) is 12.9. The Morgan fingerprint density at radius 3 is 1.66 bits per heavy atom. The molecule has 3 saturated heterocycles. The number of phenolic OH excluding ortho intramolecular Hbond substituents is 2. The van der Waals surface area contributed by atoms with Gasteiger partial charge in [-0.2, -0.15) is 0 Å². The number of carboxylic acid groups (broad SMARTS) is 1. The highest BCUT2D eigenvalue weighted by Gasteiger charge is 2.48. The van der Waals surface area contributed by atoms with E-state index in [2.05, 4.69) is 52.8 Å². The van der Waals surface area contributed by atoms with Gasteiger partial charge in [-0.25, -0.2) is 13.2 Å². The summed E-state index contributed by atoms with van der Waals surface area (Å²) < 4.78 is 56.4. The normalized spacial score (nSPS) is 23.7. The Morgan fingerprint density at radius 1 is 0.543 bits per heavy atom. The van der Waals surface area contributed by atoms with E-state index < -0.39 is 265 Å². The molecule has 138 heavy (non-hydrogen) atoms. The number of phenols is 2. The number of aliphatic carboxylic acids is 1. The number of aromatic amines is 1. The third-order valence-corrected chi connectivity index (χ3v) is 25.1. The number of amides is 15. The molecule has 740 valence electrons. The monoisotopic (exact) mass is 1940 g/mol. The molecule has 3 aliphatic heterocycles. The molecule has 3 aliphatic rings. The number of aromatic nitrogens is 1. The number of benzene rings is 6. The van der Waals surface area contributed by atoms with Crippen molar-refractivity contribution in [3.63, 3.8) is 0 Å². The highest BCUT2D eigenvalue weighted by atomic mass is 32.2. The molecule has 39 nitrogen and oxygen atoms in total. The smallest absolute Gasteiger partial charge is 0.305 e. The number of aliphatic hydroxyl groups is 1. The van der Waals surface area contributed by atoms with E-state index in [1.807, 2.05) is 0 Å². The molecule has 0 bridgehead atoms. The Kier molecular flexibility index (Phi) is 38.5. The third-order valence-electron chi connectivity index (χ3n) is 24.0. The van der Waals surface area contributed by atoms with E-state index in [1.54, 1.807) is 91.1 Å². The van der Waals surface area contributed by atoms with Crippen LogP contribution in [0.2, 0.25) is 0 Å². The summed E-state index contributed by atoms with van der Waals surface area (Å²) >= 11 is 0.630. The summed E-state index contributed by atoms with van der Waals surface area (Å²) in [4.78, 5) is 247. The summed E-state index contributed by atoms with van der Waals surface area (Å²) in [5, 5.41) is 66.6. The van der Waals surface area contributed by atoms with Gasteiger partial charge in [-0.15, -0.1) is 11.8 Å². The van der Waals surface area contributed by atoms with E-state index in [0.717, 1.165) is 31.5 Å². The van der Waals surface area contributed by atoms with Crippen LogP contribution in [0.4, 0.5) is 13.2 Å². The van der Waals surface area contributed by atoms with Crippen molar-refractivity contribution in [3.8, 4) is 11.5 Å². The van der Waals surface area contributed by atoms with Gasteiger partial charge in [0.05, 0.1) is 38.0 Å². The molecule has 3 fully saturated rings. The standard InChI is InChI=1S/C95H116F3N17O22S/c1-52(2)82-95(135)112(4)74(41-53-16-9-7-10-17-53)88(128)108-71(39-56-25-29-60(117)30-26-56)92(132)114-33-35-137-49-77(114)90(130)106-68(43-58-46-101-65-21-14-13-20-62(58)65)86(126)105-67(38-55-23-27-59(116)28-24-55)85(125)104-66(22-15-32-99)84(124)109-72(83(123)102-47-78(100)119)50-138-51-79(120)103-70(40-57-36-63(96)81(98)64(97)37-57)91(131)113(5)76(42-54-18-11-8-12-19-54)93(133)111(3)73(31-34-136-6)94(134)115-48-61(118)44-75(115)89(129)107-69(45-80(121)122)87(127)110-82/h7-14,16-21,23-30,36-37,46,52,61,66-77,82,101,116-118H,15,22,31-35,38-45,47-51,99H2,1-6H3,(H2,100,119)(H,102,123)(H,103,120)(H,104,125)(H,105,126)(H,106,130)(H,107,129)(H,108,128)(H,109,124)(H,110,127)(H,121,122)/t61-,66-,67-,68+,69-,70-,71-,72-,73-,74-,75+,76-,77+,82-/m0/s1. The number of halogens is 3. The predicted molar refractivity (Wildman–Crippen MR) is 495 cm³/mol. The van der Waals surface area contributed by atoms with E-state index in [1.165, 1.54) is 83.6 Å². The van der Waals surface area contributed by atoms with Crippen LogP contribution >= 0.6 is 11.8 Å². The van der Waals surface area contributed by atoms with Gasteiger partial charge < -0.3 is 119 Å². The molecular formula is C95H116F3N17O22S. The maximum atomic E-state index is 15.9. The van der Waals surface area contributed by atoms with Crippen molar-refractivity contribution in [1.29, 1.82) is 0 Å². The van der Waals surface area contributed by atoms with E-state index in [0.29, 0.717) is 62.6 Å². The summed E-state index contributed by atoms with van der Waals surface area (Å²) in [5.74, 6) is -25.4. The van der Waals surface area contributed by atoms with Crippen molar-refractivity contribution in [2.45, 2.75) is 169 Å². The third kappa shape index (κ3) is 29.0. The fourth-order valence-corrected chi connectivity index (χ4v) is 17.4. The number of nitrogens with one attached hydrogen (secondary N) is 10. The molecule has 6 aromatic carbocycles. The molecule has 10 rings (SSSR count). The minimum atomic E-state index is -2.07. The van der Waals surface area contributed by atoms with Crippen LogP contribution in [-0.4, -0.2) is 315 Å². The van der Waals surface area contributed by atoms with Gasteiger partial charge in [-0.1, -0.05) is 117 Å². The number of carboxylic acids is 1. The first-order valence-corrected chi connectivity index (χ1v) is 45.9. The highest BCUT2D eigenvalue weighted by molar-refractivity contribution is 8.00. The number of fused-ring (bicyclic) bond motifs is 3. The van der Waals surface area contributed by atoms with Crippen LogP contribution in [0.1, 0.15) is 79.3 Å². The molecule has 0 saturated carbocycles. The number of ether oxygens (including phenoxy) is 2. The second-order valence-corrected chi connectivity index (χ2v) is 35.4. The van der Waals surface area contributed by atoms with Gasteiger partial charge in [0.2, 0.25) is 88.6 Å². The lowest BCUT2D eigenvalue weighted by Crippen LogP contribution is -2.64. The first-order chi connectivity index (χ1) is 65.8. The number of hydrogen-bond acceptors (Lipinski definition) is 23. The van der Waals surface area contributed by atoms with Gasteiger partial charge >= 0.3 is 5.97 Å². The molecule has 0 spiro atoms. The zero-order chi connectivity index (χ0) is 100. The second kappa shape index (κ2) is 50.2. The first kappa shape index (κ1) is 106. The number of H-pyrrole nitrogens is 1. The molecule has 14 atom stereocenters. The average Bonchev–Trinajstić information content (AvgIpc) is 1.47. The van der Waals surface area contributed by atoms with E-state index in [9.17, 15) is 58.4 Å². The Labute approximate surface area is 796 Å². The Balaban J connectivity index is 1.07. The summed E-state index contributed by atoms with van der Waals surface area (Å²) in [7, 11) is 4.81. The number of thioether (sulfide) groups is 1. The van der Waals surface area contributed by atoms with Crippen molar-refractivity contribution in [1.82, 2.24) is 77.3 Å². The first-order valence-electron chi connectivity index (χ1n) is 44.8. The number of nitrogens with two attached hydrogens (primary N) is 2. The van der Waals surface area contributed by atoms with E-state index in [-0.39, 0.29) is 82.7 Å². The van der Waals surface area contributed by atoms with Gasteiger partial charge in [0.25, 0.3) is 0 Å². The number of aromatic hydroxyl groups is 2. The number of rotatable bonds is 24. The maximum Gasteiger partial charge on any atom is 0.305 e. The van der Waals surface area contributed by atoms with E-state index in [4.69, 9.17) is 20.9 Å². The largest absolute Gasteiger partial charge is 0.508 e. The number of para-hydroxylation sites is 1. The maximum absolute atomic E-state index is 15.9. The Bertz CT molecular complexity index is 5500. The molecular weight excluding hydrogens is 1820 g/mol. The van der Waals surface area contributed by atoms with Gasteiger partial charge in [-0.05, 0) is 101 Å². The lowest BCUT2D eigenvalue weighted by molar-refractivity contribution is -0.153. The van der Waals surface area contributed by atoms with Gasteiger partial charge in [0, 0.05) is 122 Å². The number of primary amides is 1. The van der Waals surface area contributed by atoms with Crippen LogP contribution in [0.25, 0.3) is 10.9 Å². The van der Waals surface area contributed by atoms with Gasteiger partial charge in [0.15, 0.2) is 17.5 Å². The average molecular weight is 1940 g/mol. The number of likely N-dealkylation sites (N-methyl/N-ethyl adjacent to an activating group) is 3. The fourth-order valence-electron chi connectivity index (χ4n) is 16.5. The molecule has 43 heteroatoms. The molecule has 1 aromatic heterocycles. The number of morpholine rings is 1. The molecule has 4 heterocycles. The molecule has 18 N–H and O–H groups in total. The Morgan fingerprint density at radius 2 is 1.06 bits per heavy atom. The van der Waals surface area contributed by atoms with Crippen LogP contribution < -0.4 is 59.3 Å². The summed E-state index contributed by atoms with van der Waals surface area (Å²) in [5.41, 5.74) is 13.6. The molecule has 15 amide bonds. The van der Waals surface area contributed by atoms with Crippen LogP contribution in [0.15, 0.2) is 152 Å². The minimum Gasteiger partial charge on any atom is -0.508 e. The quantitative estimate of drug-likeness (QED) is 0.0341. The van der Waals surface area contributed by atoms with Gasteiger partial charge in [-0.3, -0.25) is 76.7 Å². The fraction of sp³-hybridized carbons (Fsp3) is 0.432. The number of hydrogen-bond donors (Lipinski definition) is 16. The molecule has 0 radical (unpaired) electrons. The Hall–Kier alpha value is -14.0. The number of aliphatic hydroxyl groups excluding tert-OH is 1. The second-order valence-electron chi connectivity index (χ2n) is 34.4. The van der Waals surface area contributed by atoms with Crippen LogP contribution in [0.5, 0.6) is 11.5 Å². The van der Waals surface area contributed by atoms with Crippen molar-refractivity contribution < 1.29 is 120 Å². The zero-order valence-electron chi connectivity index (χ0n) is 76.8. The van der Waals surface area contributed by atoms with E-state index >= 15 is 51.9 Å². The number of nitrogens with zero attached hydrogens (tertiary/aromatic N) is 5. The predicted octanol–water partition coefficient (Wildman–Crippen LogP) is -0.445. The van der Waals surface area contributed by atoms with Crippen LogP contribution in [0.3, 0.4) is 0 Å². The lowest BCUT2D eigenvalue weighted by atomic mass is 9.98. The van der Waals surface area contributed by atoms with Crippen molar-refractivity contribution in [3.05, 3.63) is 203 Å². The zero-order valence-corrected chi connectivity index (χ0v) is 77.6. The molecule has 0 unspecified atom stereocenters. The van der Waals surface area contributed by atoms with Crippen LogP contribution in [-0.2, 0) is 125 Å². The summed E-state index contributed by atoms with van der Waals surface area (Å²) in [6.07, 6.45) is -4.78. The minimum absolute atomic E-state index is 0.00684. The van der Waals surface area contributed by atoms with Crippen molar-refractivity contribution in [2.24, 2.45) is 17.4 Å². The number of carbonyl (C=O) groups is 16. The molecule has 7 aromatic rings. The summed E-state index contributed by atoms with van der Waals surface area (Å²) in [6.45, 7) is 0.223. The van der Waals surface area contributed by atoms with Crippen molar-refractivity contribution in [2.75, 3.05) is 85.8 Å². The highest BCUT2D eigenvalue weighted by Crippen LogP contribution is 2.28. The number of carbonyl (C=O) groups excluding carboxylic acids is 15. The topological polar surface area (TPSA) is 565 Å². The number of methoxy groups -OCH3 is 1. The van der Waals surface area contributed by atoms with Crippen molar-refractivity contribution >= 4 is 117 Å². The van der Waals surface area contributed by atoms with Gasteiger partial charge in [0.1, 0.15) is 90.0 Å².